The first-order valence-electron chi connectivity index (χ1n) is 14.1. The molecule has 1 saturated heterocycles. The molecule has 0 radical (unpaired) electrons. The molecule has 0 aromatic heterocycles. The smallest absolute Gasteiger partial charge is 0.294 e. The van der Waals surface area contributed by atoms with E-state index < -0.39 is 0 Å². The van der Waals surface area contributed by atoms with Gasteiger partial charge >= 0.3 is 0 Å². The minimum absolute atomic E-state index is 0.0140. The number of piperazine rings is 1. The van der Waals surface area contributed by atoms with Gasteiger partial charge in [-0.05, 0) is 73.5 Å². The van der Waals surface area contributed by atoms with E-state index in [0.717, 1.165) is 12.1 Å². The van der Waals surface area contributed by atoms with Gasteiger partial charge in [0, 0.05) is 42.5 Å². The Hall–Kier alpha value is -4.91. The number of fused-ring (bicyclic) bond motifs is 1. The third-order valence-electron chi connectivity index (χ3n) is 7.82. The highest BCUT2D eigenvalue weighted by Gasteiger charge is 2.31. The standard InChI is InChI=1S/C35H32FN3O3/c1-24-8-7-10-29(20-24)38-19-18-37(22-25(38)2)34(40)27-16-14-26(15-17-27)21-33-35(41)39(23-28-9-3-4-11-30(28)36)31-12-5-6-13-32(31)42-33/h3-17,20-21,25H,18-19,22-23H2,1-2H3. The number of ether oxygens (including phenoxy) is 1. The normalized spacial score (nSPS) is 17.7. The van der Waals surface area contributed by atoms with Gasteiger partial charge in [-0.3, -0.25) is 14.5 Å². The van der Waals surface area contributed by atoms with Gasteiger partial charge in [0.15, 0.2) is 11.5 Å². The number of amides is 2. The van der Waals surface area contributed by atoms with Crippen LogP contribution in [0, 0.1) is 12.7 Å². The third-order valence-corrected chi connectivity index (χ3v) is 7.82. The first-order chi connectivity index (χ1) is 20.4. The minimum atomic E-state index is -0.369. The number of rotatable bonds is 5. The van der Waals surface area contributed by atoms with Crippen LogP contribution in [-0.4, -0.2) is 42.4 Å². The van der Waals surface area contributed by atoms with Gasteiger partial charge in [-0.2, -0.15) is 0 Å². The SMILES string of the molecule is Cc1cccc(N2CCN(C(=O)c3ccc(C=C4Oc5ccccc5N(Cc5ccccc5F)C4=O)cc3)CC2C)c1. The highest BCUT2D eigenvalue weighted by atomic mass is 19.1. The lowest BCUT2D eigenvalue weighted by molar-refractivity contribution is -0.117. The highest BCUT2D eigenvalue weighted by Crippen LogP contribution is 2.37. The van der Waals surface area contributed by atoms with Gasteiger partial charge in [0.2, 0.25) is 0 Å². The van der Waals surface area contributed by atoms with Gasteiger partial charge in [0.25, 0.3) is 11.8 Å². The van der Waals surface area contributed by atoms with Crippen LogP contribution in [0.1, 0.15) is 34.0 Å². The Morgan fingerprint density at radius 3 is 2.48 bits per heavy atom. The maximum absolute atomic E-state index is 14.4. The second-order valence-corrected chi connectivity index (χ2v) is 10.8. The summed E-state index contributed by atoms with van der Waals surface area (Å²) in [4.78, 5) is 32.6. The van der Waals surface area contributed by atoms with Gasteiger partial charge in [-0.15, -0.1) is 0 Å². The van der Waals surface area contributed by atoms with Gasteiger partial charge in [0.05, 0.1) is 12.2 Å². The summed E-state index contributed by atoms with van der Waals surface area (Å²) < 4.78 is 20.4. The molecule has 212 valence electrons. The summed E-state index contributed by atoms with van der Waals surface area (Å²) in [5.74, 6) is -0.0980. The number of halogens is 1. The average molecular weight is 562 g/mol. The third kappa shape index (κ3) is 5.50. The number of carbonyl (C=O) groups is 2. The Kier molecular flexibility index (Phi) is 7.48. The number of aryl methyl sites for hydroxylation is 1. The Morgan fingerprint density at radius 1 is 0.952 bits per heavy atom. The summed E-state index contributed by atoms with van der Waals surface area (Å²) >= 11 is 0. The molecular weight excluding hydrogens is 529 g/mol. The van der Waals surface area contributed by atoms with E-state index in [2.05, 4.69) is 43.0 Å². The number of para-hydroxylation sites is 2. The van der Waals surface area contributed by atoms with Crippen LogP contribution >= 0.6 is 0 Å². The summed E-state index contributed by atoms with van der Waals surface area (Å²) in [5, 5.41) is 0. The van der Waals surface area contributed by atoms with Crippen LogP contribution in [0.3, 0.4) is 0 Å². The average Bonchev–Trinajstić information content (AvgIpc) is 3.00. The molecule has 0 spiro atoms. The molecule has 0 aliphatic carbocycles. The predicted octanol–water partition coefficient (Wildman–Crippen LogP) is 6.45. The van der Waals surface area contributed by atoms with Crippen molar-refractivity contribution in [3.05, 3.63) is 131 Å². The molecule has 2 aliphatic rings. The number of nitrogens with zero attached hydrogens (tertiary/aromatic N) is 3. The molecule has 4 aromatic carbocycles. The van der Waals surface area contributed by atoms with Crippen LogP contribution in [0.2, 0.25) is 0 Å². The van der Waals surface area contributed by atoms with Gasteiger partial charge in [-0.25, -0.2) is 4.39 Å². The monoisotopic (exact) mass is 561 g/mol. The van der Waals surface area contributed by atoms with E-state index in [9.17, 15) is 14.0 Å². The summed E-state index contributed by atoms with van der Waals surface area (Å²) in [6.45, 7) is 6.36. The Labute approximate surface area is 245 Å². The molecule has 1 unspecified atom stereocenters. The van der Waals surface area contributed by atoms with E-state index >= 15 is 0 Å². The van der Waals surface area contributed by atoms with Crippen molar-refractivity contribution in [2.75, 3.05) is 29.4 Å². The Bertz CT molecular complexity index is 1670. The summed E-state index contributed by atoms with van der Waals surface area (Å²) in [7, 11) is 0. The van der Waals surface area contributed by atoms with E-state index in [4.69, 9.17) is 4.74 Å². The van der Waals surface area contributed by atoms with Crippen molar-refractivity contribution in [1.29, 1.82) is 0 Å². The fourth-order valence-electron chi connectivity index (χ4n) is 5.60. The highest BCUT2D eigenvalue weighted by molar-refractivity contribution is 6.09. The first kappa shape index (κ1) is 27.3. The van der Waals surface area contributed by atoms with Crippen molar-refractivity contribution < 1.29 is 18.7 Å². The number of benzene rings is 4. The predicted molar refractivity (Wildman–Crippen MR) is 163 cm³/mol. The largest absolute Gasteiger partial charge is 0.449 e. The van der Waals surface area contributed by atoms with Crippen LogP contribution in [0.15, 0.2) is 103 Å². The molecule has 0 bridgehead atoms. The van der Waals surface area contributed by atoms with Crippen LogP contribution in [0.25, 0.3) is 6.08 Å². The maximum atomic E-state index is 14.4. The van der Waals surface area contributed by atoms with E-state index in [1.165, 1.54) is 22.2 Å². The summed E-state index contributed by atoms with van der Waals surface area (Å²) in [6.07, 6.45) is 1.66. The Balaban J connectivity index is 1.17. The number of hydrogen-bond donors (Lipinski definition) is 0. The van der Waals surface area contributed by atoms with Crippen molar-refractivity contribution in [1.82, 2.24) is 4.90 Å². The quantitative estimate of drug-likeness (QED) is 0.263. The molecule has 2 heterocycles. The van der Waals surface area contributed by atoms with Crippen LogP contribution in [-0.2, 0) is 11.3 Å². The van der Waals surface area contributed by atoms with Gasteiger partial charge < -0.3 is 14.5 Å². The zero-order valence-electron chi connectivity index (χ0n) is 23.7. The second-order valence-electron chi connectivity index (χ2n) is 10.8. The molecule has 1 atom stereocenters. The molecule has 2 aliphatic heterocycles. The molecular formula is C35H32FN3O3. The maximum Gasteiger partial charge on any atom is 0.294 e. The lowest BCUT2D eigenvalue weighted by atomic mass is 10.1. The molecule has 7 heteroatoms. The molecule has 2 amide bonds. The van der Waals surface area contributed by atoms with Crippen LogP contribution in [0.5, 0.6) is 5.75 Å². The van der Waals surface area contributed by atoms with Crippen molar-refractivity contribution in [3.8, 4) is 5.75 Å². The fourth-order valence-corrected chi connectivity index (χ4v) is 5.60. The number of anilines is 2. The van der Waals surface area contributed by atoms with Crippen molar-refractivity contribution in [2.45, 2.75) is 26.4 Å². The van der Waals surface area contributed by atoms with Crippen LogP contribution in [0.4, 0.5) is 15.8 Å². The van der Waals surface area contributed by atoms with Gasteiger partial charge in [0.1, 0.15) is 5.82 Å². The van der Waals surface area contributed by atoms with Crippen molar-refractivity contribution in [3.63, 3.8) is 0 Å². The minimum Gasteiger partial charge on any atom is -0.449 e. The summed E-state index contributed by atoms with van der Waals surface area (Å²) in [6, 6.07) is 29.5. The van der Waals surface area contributed by atoms with Crippen molar-refractivity contribution >= 4 is 29.3 Å². The second kappa shape index (κ2) is 11.5. The Morgan fingerprint density at radius 2 is 1.71 bits per heavy atom. The van der Waals surface area contributed by atoms with E-state index in [-0.39, 0.29) is 36.0 Å². The van der Waals surface area contributed by atoms with Gasteiger partial charge in [-0.1, -0.05) is 54.6 Å². The fraction of sp³-hybridized carbons (Fsp3) is 0.200. The zero-order chi connectivity index (χ0) is 29.2. The van der Waals surface area contributed by atoms with Crippen molar-refractivity contribution in [2.24, 2.45) is 0 Å². The molecule has 0 saturated carbocycles. The molecule has 42 heavy (non-hydrogen) atoms. The molecule has 4 aromatic rings. The van der Waals surface area contributed by atoms with E-state index in [0.29, 0.717) is 35.7 Å². The molecule has 6 nitrogen and oxygen atoms in total. The molecule has 6 rings (SSSR count). The lowest BCUT2D eigenvalue weighted by Gasteiger charge is -2.41. The zero-order valence-corrected chi connectivity index (χ0v) is 23.7. The van der Waals surface area contributed by atoms with E-state index in [1.807, 2.05) is 29.2 Å². The molecule has 0 N–H and O–H groups in total. The van der Waals surface area contributed by atoms with Crippen LogP contribution < -0.4 is 14.5 Å². The number of hydrogen-bond acceptors (Lipinski definition) is 4. The topological polar surface area (TPSA) is 53.1 Å². The number of carbonyl (C=O) groups excluding carboxylic acids is 2. The molecule has 1 fully saturated rings. The summed E-state index contributed by atoms with van der Waals surface area (Å²) in [5.41, 5.74) is 4.71. The van der Waals surface area contributed by atoms with E-state index in [1.54, 1.807) is 48.5 Å². The lowest BCUT2D eigenvalue weighted by Crippen LogP contribution is -2.53. The first-order valence-corrected chi connectivity index (χ1v) is 14.1.